The van der Waals surface area contributed by atoms with Crippen molar-refractivity contribution in [1.29, 1.82) is 0 Å². The minimum Gasteiger partial charge on any atom is -0.468 e. The number of pyridine rings is 2. The zero-order valence-corrected chi connectivity index (χ0v) is 16.1. The molecule has 0 unspecified atom stereocenters. The summed E-state index contributed by atoms with van der Waals surface area (Å²) in [7, 11) is 0. The summed E-state index contributed by atoms with van der Waals surface area (Å²) in [5.74, 6) is -0.0425. The van der Waals surface area contributed by atoms with Crippen molar-refractivity contribution in [3.8, 4) is 5.88 Å². The highest BCUT2D eigenvalue weighted by molar-refractivity contribution is 5.99. The Labute approximate surface area is 164 Å². The standard InChI is InChI=1S/C19H20F3N5O2/c1-11(2)18(28)25-17-14-9-27(26-15(14)4-5-23-17)8-13-6-12(3)24-16(7-13)29-10-19(20,21)22/h4-7,9,11H,8,10H2,1-3H3,(H,23,25,28). The van der Waals surface area contributed by atoms with Crippen LogP contribution in [0.2, 0.25) is 0 Å². The van der Waals surface area contributed by atoms with E-state index in [1.165, 1.54) is 6.07 Å². The summed E-state index contributed by atoms with van der Waals surface area (Å²) < 4.78 is 43.5. The normalized spacial score (nSPS) is 11.8. The van der Waals surface area contributed by atoms with Crippen LogP contribution in [0.15, 0.2) is 30.6 Å². The Morgan fingerprint density at radius 2 is 2.07 bits per heavy atom. The van der Waals surface area contributed by atoms with Crippen LogP contribution in [-0.2, 0) is 11.3 Å². The molecule has 0 aliphatic carbocycles. The summed E-state index contributed by atoms with van der Waals surface area (Å²) in [4.78, 5) is 20.2. The second-order valence-electron chi connectivity index (χ2n) is 6.92. The highest BCUT2D eigenvalue weighted by Crippen LogP contribution is 2.22. The Kier molecular flexibility index (Phi) is 5.71. The number of aromatic nitrogens is 4. The second kappa shape index (κ2) is 8.06. The van der Waals surface area contributed by atoms with E-state index in [0.29, 0.717) is 28.0 Å². The number of nitrogens with zero attached hydrogens (tertiary/aromatic N) is 4. The van der Waals surface area contributed by atoms with Gasteiger partial charge in [-0.25, -0.2) is 9.97 Å². The van der Waals surface area contributed by atoms with Gasteiger partial charge in [0.2, 0.25) is 11.8 Å². The van der Waals surface area contributed by atoms with E-state index in [4.69, 9.17) is 4.74 Å². The van der Waals surface area contributed by atoms with Gasteiger partial charge in [-0.3, -0.25) is 9.48 Å². The van der Waals surface area contributed by atoms with Crippen molar-refractivity contribution in [2.24, 2.45) is 5.92 Å². The first-order valence-corrected chi connectivity index (χ1v) is 8.91. The third-order valence-corrected chi connectivity index (χ3v) is 3.97. The van der Waals surface area contributed by atoms with E-state index in [1.807, 2.05) is 0 Å². The van der Waals surface area contributed by atoms with Gasteiger partial charge >= 0.3 is 6.18 Å². The Bertz CT molecular complexity index is 1030. The first-order valence-electron chi connectivity index (χ1n) is 8.91. The first kappa shape index (κ1) is 20.6. The van der Waals surface area contributed by atoms with Crippen LogP contribution in [0, 0.1) is 12.8 Å². The maximum absolute atomic E-state index is 12.4. The molecule has 0 spiro atoms. The van der Waals surface area contributed by atoms with Crippen LogP contribution >= 0.6 is 0 Å². The Balaban J connectivity index is 1.83. The molecule has 3 aromatic rings. The van der Waals surface area contributed by atoms with Crippen molar-refractivity contribution < 1.29 is 22.7 Å². The van der Waals surface area contributed by atoms with Crippen LogP contribution in [0.3, 0.4) is 0 Å². The van der Waals surface area contributed by atoms with Gasteiger partial charge in [-0.05, 0) is 24.6 Å². The molecule has 3 aromatic heterocycles. The van der Waals surface area contributed by atoms with Crippen LogP contribution in [0.4, 0.5) is 19.0 Å². The van der Waals surface area contributed by atoms with Gasteiger partial charge in [0.15, 0.2) is 6.61 Å². The highest BCUT2D eigenvalue weighted by Gasteiger charge is 2.28. The predicted octanol–water partition coefficient (Wildman–Crippen LogP) is 3.72. The molecule has 0 aromatic carbocycles. The number of aryl methyl sites for hydroxylation is 1. The van der Waals surface area contributed by atoms with Crippen LogP contribution in [0.25, 0.3) is 10.9 Å². The van der Waals surface area contributed by atoms with Gasteiger partial charge in [-0.15, -0.1) is 0 Å². The van der Waals surface area contributed by atoms with E-state index < -0.39 is 12.8 Å². The van der Waals surface area contributed by atoms with Gasteiger partial charge in [-0.2, -0.15) is 18.3 Å². The van der Waals surface area contributed by atoms with E-state index in [2.05, 4.69) is 20.4 Å². The van der Waals surface area contributed by atoms with E-state index in [9.17, 15) is 18.0 Å². The Hall–Kier alpha value is -3.17. The number of rotatable bonds is 6. The lowest BCUT2D eigenvalue weighted by Crippen LogP contribution is -2.19. The molecular weight excluding hydrogens is 387 g/mol. The third-order valence-electron chi connectivity index (χ3n) is 3.97. The minimum atomic E-state index is -4.44. The molecule has 3 heterocycles. The zero-order chi connectivity index (χ0) is 21.2. The average molecular weight is 407 g/mol. The van der Waals surface area contributed by atoms with Crippen LogP contribution in [0.1, 0.15) is 25.1 Å². The second-order valence-corrected chi connectivity index (χ2v) is 6.92. The highest BCUT2D eigenvalue weighted by atomic mass is 19.4. The summed E-state index contributed by atoms with van der Waals surface area (Å²) in [5, 5.41) is 7.89. The number of halogens is 3. The topological polar surface area (TPSA) is 81.9 Å². The number of hydrogen-bond acceptors (Lipinski definition) is 5. The third kappa shape index (κ3) is 5.43. The molecule has 0 aliphatic heterocycles. The molecule has 10 heteroatoms. The fourth-order valence-corrected chi connectivity index (χ4v) is 2.65. The molecule has 7 nitrogen and oxygen atoms in total. The molecule has 0 atom stereocenters. The number of ether oxygens (including phenoxy) is 1. The van der Waals surface area contributed by atoms with Crippen molar-refractivity contribution in [3.05, 3.63) is 41.9 Å². The van der Waals surface area contributed by atoms with Crippen molar-refractivity contribution in [2.45, 2.75) is 33.5 Å². The predicted molar refractivity (Wildman–Crippen MR) is 101 cm³/mol. The largest absolute Gasteiger partial charge is 0.468 e. The SMILES string of the molecule is Cc1cc(Cn2cc3c(NC(=O)C(C)C)nccc3n2)cc(OCC(F)(F)F)n1. The lowest BCUT2D eigenvalue weighted by atomic mass is 10.2. The summed E-state index contributed by atoms with van der Waals surface area (Å²) in [6.45, 7) is 4.12. The van der Waals surface area contributed by atoms with Crippen LogP contribution in [-0.4, -0.2) is 38.4 Å². The average Bonchev–Trinajstić information content (AvgIpc) is 3.02. The van der Waals surface area contributed by atoms with Crippen molar-refractivity contribution >= 4 is 22.6 Å². The summed E-state index contributed by atoms with van der Waals surface area (Å²) in [6.07, 6.45) is -1.16. The molecule has 29 heavy (non-hydrogen) atoms. The van der Waals surface area contributed by atoms with E-state index in [1.54, 1.807) is 50.0 Å². The van der Waals surface area contributed by atoms with Crippen LogP contribution in [0.5, 0.6) is 5.88 Å². The molecule has 0 saturated heterocycles. The van der Waals surface area contributed by atoms with E-state index >= 15 is 0 Å². The van der Waals surface area contributed by atoms with Crippen molar-refractivity contribution in [3.63, 3.8) is 0 Å². The maximum Gasteiger partial charge on any atom is 0.422 e. The van der Waals surface area contributed by atoms with E-state index in [0.717, 1.165) is 0 Å². The number of alkyl halides is 3. The van der Waals surface area contributed by atoms with Gasteiger partial charge in [0.1, 0.15) is 5.82 Å². The molecule has 3 rings (SSSR count). The van der Waals surface area contributed by atoms with Gasteiger partial charge in [0.25, 0.3) is 0 Å². The van der Waals surface area contributed by atoms with Crippen molar-refractivity contribution in [2.75, 3.05) is 11.9 Å². The molecule has 1 N–H and O–H groups in total. The maximum atomic E-state index is 12.4. The fourth-order valence-electron chi connectivity index (χ4n) is 2.65. The number of anilines is 1. The summed E-state index contributed by atoms with van der Waals surface area (Å²) in [6, 6.07) is 4.91. The molecular formula is C19H20F3N5O2. The van der Waals surface area contributed by atoms with Crippen molar-refractivity contribution in [1.82, 2.24) is 19.7 Å². The summed E-state index contributed by atoms with van der Waals surface area (Å²) in [5.41, 5.74) is 1.85. The monoisotopic (exact) mass is 407 g/mol. The molecule has 0 radical (unpaired) electrons. The van der Waals surface area contributed by atoms with Gasteiger partial charge in [0.05, 0.1) is 17.4 Å². The summed E-state index contributed by atoms with van der Waals surface area (Å²) >= 11 is 0. The Morgan fingerprint density at radius 1 is 1.31 bits per heavy atom. The lowest BCUT2D eigenvalue weighted by molar-refractivity contribution is -0.154. The molecule has 0 aliphatic rings. The number of carbonyl (C=O) groups is 1. The van der Waals surface area contributed by atoms with Gasteiger partial charge < -0.3 is 10.1 Å². The first-order chi connectivity index (χ1) is 13.6. The van der Waals surface area contributed by atoms with Gasteiger partial charge in [0, 0.05) is 30.1 Å². The molecule has 154 valence electrons. The number of nitrogens with one attached hydrogen (secondary N) is 1. The fraction of sp³-hybridized carbons (Fsp3) is 0.368. The number of carbonyl (C=O) groups excluding carboxylic acids is 1. The quantitative estimate of drug-likeness (QED) is 0.674. The van der Waals surface area contributed by atoms with Crippen LogP contribution < -0.4 is 10.1 Å². The lowest BCUT2D eigenvalue weighted by Gasteiger charge is -2.10. The number of fused-ring (bicyclic) bond motifs is 1. The molecule has 0 saturated carbocycles. The number of amides is 1. The van der Waals surface area contributed by atoms with Gasteiger partial charge in [-0.1, -0.05) is 13.8 Å². The zero-order valence-electron chi connectivity index (χ0n) is 16.1. The number of hydrogen-bond donors (Lipinski definition) is 1. The Morgan fingerprint density at radius 3 is 2.76 bits per heavy atom. The molecule has 0 bridgehead atoms. The van der Waals surface area contributed by atoms with E-state index in [-0.39, 0.29) is 24.2 Å². The minimum absolute atomic E-state index is 0.0967. The molecule has 0 fully saturated rings. The smallest absolute Gasteiger partial charge is 0.422 e. The molecule has 1 amide bonds.